The molecule has 2 aromatic rings. The average Bonchev–Trinajstić information content (AvgIpc) is 2.95. The number of aromatic nitrogens is 2. The summed E-state index contributed by atoms with van der Waals surface area (Å²) in [7, 11) is 0. The van der Waals surface area contributed by atoms with Crippen LogP contribution in [-0.2, 0) is 19.4 Å². The molecule has 1 atom stereocenters. The summed E-state index contributed by atoms with van der Waals surface area (Å²) in [5.74, 6) is 0. The molecule has 0 spiro atoms. The Hall–Kier alpha value is -0.170. The highest BCUT2D eigenvalue weighted by Crippen LogP contribution is 2.32. The number of hydrogen-bond donors (Lipinski definition) is 1. The number of aliphatic hydroxyl groups is 1. The summed E-state index contributed by atoms with van der Waals surface area (Å²) < 4.78 is 4.04. The Morgan fingerprint density at radius 1 is 1.37 bits per heavy atom. The molecule has 0 saturated heterocycles. The Labute approximate surface area is 133 Å². The van der Waals surface area contributed by atoms with Crippen LogP contribution in [0, 0.1) is 0 Å². The van der Waals surface area contributed by atoms with E-state index in [0.29, 0.717) is 6.42 Å². The van der Waals surface area contributed by atoms with Crippen LogP contribution in [0.2, 0.25) is 0 Å². The first-order chi connectivity index (χ1) is 9.06. The van der Waals surface area contributed by atoms with Crippen molar-refractivity contribution in [1.29, 1.82) is 0 Å². The minimum absolute atomic E-state index is 0.487. The van der Waals surface area contributed by atoms with Gasteiger partial charge in [0.05, 0.1) is 25.8 Å². The first-order valence-electron chi connectivity index (χ1n) is 6.24. The second-order valence-corrected chi connectivity index (χ2v) is 7.53. The fraction of sp³-hybridized carbons (Fsp3) is 0.462. The zero-order valence-electron chi connectivity index (χ0n) is 10.9. The van der Waals surface area contributed by atoms with Gasteiger partial charge in [-0.3, -0.25) is 4.68 Å². The molecule has 0 saturated carbocycles. The van der Waals surface area contributed by atoms with Gasteiger partial charge in [-0.15, -0.1) is 11.3 Å². The van der Waals surface area contributed by atoms with Crippen molar-refractivity contribution in [3.05, 3.63) is 36.7 Å². The van der Waals surface area contributed by atoms with E-state index in [4.69, 9.17) is 0 Å². The lowest BCUT2D eigenvalue weighted by Gasteiger charge is -2.10. The maximum atomic E-state index is 10.3. The van der Waals surface area contributed by atoms with Gasteiger partial charge in [0.2, 0.25) is 0 Å². The molecule has 0 bridgehead atoms. The normalized spacial score (nSPS) is 12.9. The summed E-state index contributed by atoms with van der Waals surface area (Å²) in [5, 5.41) is 14.9. The number of rotatable bonds is 5. The minimum atomic E-state index is -0.487. The molecule has 0 aromatic carbocycles. The largest absolute Gasteiger partial charge is 0.387 e. The molecule has 0 aliphatic carbocycles. The fourth-order valence-electron chi connectivity index (χ4n) is 2.00. The molecule has 0 aliphatic rings. The van der Waals surface area contributed by atoms with Crippen molar-refractivity contribution in [1.82, 2.24) is 9.78 Å². The van der Waals surface area contributed by atoms with Crippen LogP contribution in [0.15, 0.2) is 20.4 Å². The maximum Gasteiger partial charge on any atom is 0.0937 e. The molecular weight excluding hydrogens is 392 g/mol. The van der Waals surface area contributed by atoms with Gasteiger partial charge in [0, 0.05) is 17.8 Å². The first kappa shape index (κ1) is 15.2. The molecular formula is C13H16Br2N2OS. The van der Waals surface area contributed by atoms with Crippen molar-refractivity contribution in [2.24, 2.45) is 0 Å². The summed E-state index contributed by atoms with van der Waals surface area (Å²) >= 11 is 8.60. The quantitative estimate of drug-likeness (QED) is 0.800. The van der Waals surface area contributed by atoms with Gasteiger partial charge in [-0.1, -0.05) is 6.92 Å². The van der Waals surface area contributed by atoms with Crippen molar-refractivity contribution in [2.45, 2.75) is 39.3 Å². The van der Waals surface area contributed by atoms with Crippen LogP contribution in [-0.4, -0.2) is 14.9 Å². The van der Waals surface area contributed by atoms with E-state index in [2.05, 4.69) is 50.8 Å². The van der Waals surface area contributed by atoms with Gasteiger partial charge in [0.1, 0.15) is 0 Å². The van der Waals surface area contributed by atoms with Crippen molar-refractivity contribution in [3.8, 4) is 0 Å². The summed E-state index contributed by atoms with van der Waals surface area (Å²) in [5.41, 5.74) is 2.12. The zero-order chi connectivity index (χ0) is 14.0. The smallest absolute Gasteiger partial charge is 0.0937 e. The van der Waals surface area contributed by atoms with E-state index in [1.807, 2.05) is 16.8 Å². The third-order valence-corrected chi connectivity index (χ3v) is 5.64. The average molecular weight is 408 g/mol. The van der Waals surface area contributed by atoms with Crippen LogP contribution in [0.4, 0.5) is 0 Å². The Morgan fingerprint density at radius 2 is 2.11 bits per heavy atom. The number of aryl methyl sites for hydroxylation is 2. The molecule has 0 aliphatic heterocycles. The monoisotopic (exact) mass is 406 g/mol. The Kier molecular flexibility index (Phi) is 5.22. The number of thiophene rings is 1. The van der Waals surface area contributed by atoms with Crippen LogP contribution in [0.25, 0.3) is 0 Å². The second-order valence-electron chi connectivity index (χ2n) is 4.24. The molecule has 1 N–H and O–H groups in total. The van der Waals surface area contributed by atoms with Gasteiger partial charge in [-0.25, -0.2) is 0 Å². The van der Waals surface area contributed by atoms with Crippen LogP contribution >= 0.6 is 43.2 Å². The first-order valence-corrected chi connectivity index (χ1v) is 8.64. The van der Waals surface area contributed by atoms with E-state index in [1.165, 1.54) is 0 Å². The van der Waals surface area contributed by atoms with Crippen LogP contribution in [0.3, 0.4) is 0 Å². The van der Waals surface area contributed by atoms with Crippen molar-refractivity contribution < 1.29 is 5.11 Å². The maximum absolute atomic E-state index is 10.3. The summed E-state index contributed by atoms with van der Waals surface area (Å²) in [6.45, 7) is 4.97. The molecule has 104 valence electrons. The number of aliphatic hydroxyl groups excluding tert-OH is 1. The van der Waals surface area contributed by atoms with Gasteiger partial charge < -0.3 is 5.11 Å². The van der Waals surface area contributed by atoms with Crippen molar-refractivity contribution >= 4 is 43.2 Å². The molecule has 3 nitrogen and oxygen atoms in total. The number of halogens is 2. The summed E-state index contributed by atoms with van der Waals surface area (Å²) in [6.07, 6.45) is 0.981. The van der Waals surface area contributed by atoms with Gasteiger partial charge in [-0.05, 0) is 57.3 Å². The van der Waals surface area contributed by atoms with Crippen molar-refractivity contribution in [3.63, 3.8) is 0 Å². The number of nitrogens with zero attached hydrogens (tertiary/aromatic N) is 2. The molecule has 2 rings (SSSR count). The lowest BCUT2D eigenvalue weighted by atomic mass is 10.1. The van der Waals surface area contributed by atoms with Gasteiger partial charge in [0.15, 0.2) is 0 Å². The van der Waals surface area contributed by atoms with Gasteiger partial charge in [0.25, 0.3) is 0 Å². The van der Waals surface area contributed by atoms with E-state index in [9.17, 15) is 5.11 Å². The lowest BCUT2D eigenvalue weighted by Crippen LogP contribution is -2.08. The predicted octanol–water partition coefficient (Wildman–Crippen LogP) is 4.33. The summed E-state index contributed by atoms with van der Waals surface area (Å²) in [6, 6.07) is 3.92. The Bertz CT molecular complexity index is 565. The van der Waals surface area contributed by atoms with E-state index in [1.54, 1.807) is 11.3 Å². The number of hydrogen-bond acceptors (Lipinski definition) is 3. The van der Waals surface area contributed by atoms with Gasteiger partial charge in [-0.2, -0.15) is 5.10 Å². The molecule has 2 aromatic heterocycles. The molecule has 1 unspecified atom stereocenters. The van der Waals surface area contributed by atoms with E-state index in [0.717, 1.165) is 37.5 Å². The van der Waals surface area contributed by atoms with Crippen LogP contribution in [0.1, 0.15) is 36.2 Å². The van der Waals surface area contributed by atoms with E-state index in [-0.39, 0.29) is 0 Å². The van der Waals surface area contributed by atoms with E-state index >= 15 is 0 Å². The highest BCUT2D eigenvalue weighted by atomic mass is 79.9. The lowest BCUT2D eigenvalue weighted by molar-refractivity contribution is 0.179. The molecule has 0 fully saturated rings. The Balaban J connectivity index is 2.25. The molecule has 19 heavy (non-hydrogen) atoms. The molecule has 2 heterocycles. The standard InChI is InChI=1S/C13H16Br2N2OS/c1-3-8-13(15)9(17(4-2)16-8)7-10(18)11-5-6-12(14)19-11/h5-6,10,18H,3-4,7H2,1-2H3. The molecule has 0 amide bonds. The molecule has 6 heteroatoms. The van der Waals surface area contributed by atoms with E-state index < -0.39 is 6.10 Å². The summed E-state index contributed by atoms with van der Waals surface area (Å²) in [4.78, 5) is 0.973. The third kappa shape index (κ3) is 3.29. The van der Waals surface area contributed by atoms with Crippen LogP contribution < -0.4 is 0 Å². The fourth-order valence-corrected chi connectivity index (χ4v) is 4.14. The van der Waals surface area contributed by atoms with Crippen LogP contribution in [0.5, 0.6) is 0 Å². The minimum Gasteiger partial charge on any atom is -0.387 e. The highest BCUT2D eigenvalue weighted by molar-refractivity contribution is 9.11. The third-order valence-electron chi connectivity index (χ3n) is 3.00. The Morgan fingerprint density at radius 3 is 2.63 bits per heavy atom. The SMILES string of the molecule is CCc1nn(CC)c(CC(O)c2ccc(Br)s2)c1Br. The highest BCUT2D eigenvalue weighted by Gasteiger charge is 2.19. The topological polar surface area (TPSA) is 38.0 Å². The molecule has 0 radical (unpaired) electrons. The predicted molar refractivity (Wildman–Crippen MR) is 85.7 cm³/mol. The zero-order valence-corrected chi connectivity index (χ0v) is 14.8. The van der Waals surface area contributed by atoms with Gasteiger partial charge >= 0.3 is 0 Å². The second kappa shape index (κ2) is 6.52. The van der Waals surface area contributed by atoms with Crippen molar-refractivity contribution in [2.75, 3.05) is 0 Å².